The molecule has 1 aliphatic carbocycles. The van der Waals surface area contributed by atoms with E-state index in [2.05, 4.69) is 52.1 Å². The number of nitrogens with zero attached hydrogens (tertiary/aromatic N) is 1. The lowest BCUT2D eigenvalue weighted by Gasteiger charge is -2.47. The molecule has 3 atom stereocenters. The molecule has 4 nitrogen and oxygen atoms in total. The lowest BCUT2D eigenvalue weighted by atomic mass is 9.66. The predicted octanol–water partition coefficient (Wildman–Crippen LogP) is 5.50. The van der Waals surface area contributed by atoms with Crippen molar-refractivity contribution in [2.75, 3.05) is 13.1 Å². The Hall–Kier alpha value is -2.11. The molecule has 0 bridgehead atoms. The number of rotatable bonds is 4. The summed E-state index contributed by atoms with van der Waals surface area (Å²) in [7, 11) is -1.32. The van der Waals surface area contributed by atoms with Crippen LogP contribution >= 0.6 is 0 Å². The minimum atomic E-state index is -1.32. The third-order valence-electron chi connectivity index (χ3n) is 7.44. The number of fused-ring (bicyclic) bond motifs is 1. The van der Waals surface area contributed by atoms with Crippen molar-refractivity contribution in [1.29, 1.82) is 0 Å². The van der Waals surface area contributed by atoms with Gasteiger partial charge in [0.2, 0.25) is 9.04 Å². The largest absolute Gasteiger partial charge is 0.547 e. The van der Waals surface area contributed by atoms with E-state index in [-0.39, 0.29) is 11.3 Å². The molecule has 2 aromatic rings. The second-order valence-corrected chi connectivity index (χ2v) is 13.7. The summed E-state index contributed by atoms with van der Waals surface area (Å²) in [6, 6.07) is 16.0. The van der Waals surface area contributed by atoms with Crippen LogP contribution in [0.15, 0.2) is 48.5 Å². The van der Waals surface area contributed by atoms with E-state index in [4.69, 9.17) is 4.43 Å². The first kappa shape index (κ1) is 24.0. The van der Waals surface area contributed by atoms with Crippen molar-refractivity contribution in [3.63, 3.8) is 0 Å². The maximum absolute atomic E-state index is 12.9. The number of hydrogen-bond donors (Lipinski definition) is 1. The number of carbonyl (C=O) groups excluding carboxylic acids is 1. The van der Waals surface area contributed by atoms with E-state index >= 15 is 0 Å². The van der Waals surface area contributed by atoms with Gasteiger partial charge >= 0.3 is 0 Å². The van der Waals surface area contributed by atoms with Crippen LogP contribution in [0.5, 0.6) is 5.75 Å². The van der Waals surface area contributed by atoms with Crippen LogP contribution in [0.2, 0.25) is 13.1 Å². The van der Waals surface area contributed by atoms with E-state index < -0.39 is 14.6 Å². The third kappa shape index (κ3) is 5.20. The summed E-state index contributed by atoms with van der Waals surface area (Å²) in [5, 5.41) is 11.9. The Kier molecular flexibility index (Phi) is 6.74. The molecule has 2 aromatic carbocycles. The summed E-state index contributed by atoms with van der Waals surface area (Å²) in [4.78, 5) is 15.0. The van der Waals surface area contributed by atoms with E-state index in [1.165, 1.54) is 5.56 Å². The minimum absolute atomic E-state index is 0.0353. The Morgan fingerprint density at radius 2 is 1.82 bits per heavy atom. The SMILES string of the molecule is C[SiH](C)Oc1cc(C(C)(C)C)ccc1C1(O)CC[C@@H]2CN(C(=O)c3ccccc3)CC[C@H]2C1. The molecule has 2 fully saturated rings. The summed E-state index contributed by atoms with van der Waals surface area (Å²) in [6.45, 7) is 12.5. The first-order valence-electron chi connectivity index (χ1n) is 12.5. The molecule has 0 spiro atoms. The van der Waals surface area contributed by atoms with Crippen molar-refractivity contribution in [1.82, 2.24) is 4.90 Å². The van der Waals surface area contributed by atoms with Gasteiger partial charge in [0, 0.05) is 24.2 Å². The second-order valence-electron chi connectivity index (χ2n) is 11.3. The smallest absolute Gasteiger partial charge is 0.253 e. The number of aliphatic hydroxyl groups is 1. The van der Waals surface area contributed by atoms with Gasteiger partial charge in [0.15, 0.2) is 0 Å². The number of carbonyl (C=O) groups is 1. The third-order valence-corrected chi connectivity index (χ3v) is 8.16. The second kappa shape index (κ2) is 9.26. The van der Waals surface area contributed by atoms with Crippen molar-refractivity contribution in [3.8, 4) is 5.75 Å². The molecule has 1 heterocycles. The van der Waals surface area contributed by atoms with Crippen molar-refractivity contribution in [3.05, 3.63) is 65.2 Å². The fourth-order valence-electron chi connectivity index (χ4n) is 5.55. The fourth-order valence-corrected chi connectivity index (χ4v) is 6.26. The quantitative estimate of drug-likeness (QED) is 0.607. The Labute approximate surface area is 200 Å². The predicted molar refractivity (Wildman–Crippen MR) is 136 cm³/mol. The van der Waals surface area contributed by atoms with Crippen LogP contribution in [-0.4, -0.2) is 38.0 Å². The van der Waals surface area contributed by atoms with Crippen LogP contribution in [-0.2, 0) is 11.0 Å². The first-order valence-corrected chi connectivity index (χ1v) is 15.2. The highest BCUT2D eigenvalue weighted by Crippen LogP contribution is 2.48. The highest BCUT2D eigenvalue weighted by atomic mass is 28.3. The van der Waals surface area contributed by atoms with E-state index in [9.17, 15) is 9.90 Å². The van der Waals surface area contributed by atoms with Gasteiger partial charge in [-0.25, -0.2) is 0 Å². The van der Waals surface area contributed by atoms with Gasteiger partial charge in [-0.1, -0.05) is 51.1 Å². The molecule has 33 heavy (non-hydrogen) atoms. The lowest BCUT2D eigenvalue weighted by molar-refractivity contribution is -0.0582. The molecule has 1 aliphatic heterocycles. The van der Waals surface area contributed by atoms with E-state index in [0.29, 0.717) is 18.3 Å². The number of hydrogen-bond acceptors (Lipinski definition) is 3. The minimum Gasteiger partial charge on any atom is -0.547 e. The monoisotopic (exact) mass is 465 g/mol. The maximum Gasteiger partial charge on any atom is 0.253 e. The molecule has 1 unspecified atom stereocenters. The molecule has 178 valence electrons. The van der Waals surface area contributed by atoms with Crippen LogP contribution in [0.1, 0.15) is 67.9 Å². The maximum atomic E-state index is 12.9. The van der Waals surface area contributed by atoms with Crippen molar-refractivity contribution >= 4 is 14.9 Å². The summed E-state index contributed by atoms with van der Waals surface area (Å²) in [6.07, 6.45) is 3.34. The van der Waals surface area contributed by atoms with Gasteiger partial charge in [-0.3, -0.25) is 4.79 Å². The number of piperidine rings is 1. The molecule has 0 aromatic heterocycles. The lowest BCUT2D eigenvalue weighted by Crippen LogP contribution is -2.48. The normalized spacial score (nSPS) is 25.6. The zero-order chi connectivity index (χ0) is 23.8. The van der Waals surface area contributed by atoms with Gasteiger partial charge < -0.3 is 14.4 Å². The van der Waals surface area contributed by atoms with Gasteiger partial charge in [-0.05, 0) is 79.8 Å². The summed E-state index contributed by atoms with van der Waals surface area (Å²) >= 11 is 0. The van der Waals surface area contributed by atoms with Gasteiger partial charge in [-0.2, -0.15) is 0 Å². The van der Waals surface area contributed by atoms with Gasteiger partial charge in [0.05, 0.1) is 5.60 Å². The average Bonchev–Trinajstić information content (AvgIpc) is 2.77. The Bertz CT molecular complexity index is 984. The number of benzene rings is 2. The molecule has 0 radical (unpaired) electrons. The molecule has 1 N–H and O–H groups in total. The van der Waals surface area contributed by atoms with Crippen molar-refractivity contribution < 1.29 is 14.3 Å². The highest BCUT2D eigenvalue weighted by molar-refractivity contribution is 6.49. The van der Waals surface area contributed by atoms with Crippen molar-refractivity contribution in [2.24, 2.45) is 11.8 Å². The van der Waals surface area contributed by atoms with Crippen LogP contribution in [0.25, 0.3) is 0 Å². The summed E-state index contributed by atoms with van der Waals surface area (Å²) in [5.41, 5.74) is 2.13. The number of amides is 1. The van der Waals surface area contributed by atoms with Crippen LogP contribution < -0.4 is 4.43 Å². The average molecular weight is 466 g/mol. The van der Waals surface area contributed by atoms with Gasteiger partial charge in [0.25, 0.3) is 5.91 Å². The number of likely N-dealkylation sites (tertiary alicyclic amines) is 1. The molecule has 2 aliphatic rings. The fraction of sp³-hybridized carbons (Fsp3) is 0.536. The van der Waals surface area contributed by atoms with E-state index in [0.717, 1.165) is 49.2 Å². The zero-order valence-corrected chi connectivity index (χ0v) is 22.0. The van der Waals surface area contributed by atoms with E-state index in [1.807, 2.05) is 35.2 Å². The molecular weight excluding hydrogens is 426 g/mol. The van der Waals surface area contributed by atoms with Crippen LogP contribution in [0.3, 0.4) is 0 Å². The van der Waals surface area contributed by atoms with Gasteiger partial charge in [0.1, 0.15) is 5.75 Å². The molecule has 4 rings (SSSR count). The summed E-state index contributed by atoms with van der Waals surface area (Å²) < 4.78 is 6.36. The van der Waals surface area contributed by atoms with Crippen molar-refractivity contribution in [2.45, 2.75) is 70.6 Å². The standard InChI is InChI=1S/C28H39NO3Si/c1-27(2,3)23-11-12-24(25(17-23)32-33(4)5)28(31)15-13-22-19-29(16-14-21(22)18-28)26(30)20-9-7-6-8-10-20/h6-12,17,21-22,31,33H,13-16,18-19H2,1-5H3/t21-,22+,28?/m0/s1. The topological polar surface area (TPSA) is 49.8 Å². The molecule has 5 heteroatoms. The molecular formula is C28H39NO3Si. The van der Waals surface area contributed by atoms with E-state index in [1.54, 1.807) is 0 Å². The zero-order valence-electron chi connectivity index (χ0n) is 20.8. The molecule has 1 amide bonds. The Morgan fingerprint density at radius 1 is 1.09 bits per heavy atom. The summed E-state index contributed by atoms with van der Waals surface area (Å²) in [5.74, 6) is 1.88. The molecule has 1 saturated carbocycles. The van der Waals surface area contributed by atoms with Crippen LogP contribution in [0.4, 0.5) is 0 Å². The molecule has 1 saturated heterocycles. The van der Waals surface area contributed by atoms with Gasteiger partial charge in [-0.15, -0.1) is 0 Å². The first-order chi connectivity index (χ1) is 15.6. The van der Waals surface area contributed by atoms with Crippen LogP contribution in [0, 0.1) is 11.8 Å². The Morgan fingerprint density at radius 3 is 2.48 bits per heavy atom. The highest BCUT2D eigenvalue weighted by Gasteiger charge is 2.44. The Balaban J connectivity index is 1.52.